The largest absolute Gasteiger partial charge is 0.491 e. The van der Waals surface area contributed by atoms with Crippen molar-refractivity contribution in [3.05, 3.63) is 42.5 Å². The zero-order chi connectivity index (χ0) is 15.4. The zero-order valence-electron chi connectivity index (χ0n) is 12.5. The van der Waals surface area contributed by atoms with E-state index in [-0.39, 0.29) is 17.9 Å². The third kappa shape index (κ3) is 3.05. The number of carbonyl (C=O) groups excluding carboxylic acids is 1. The molecule has 5 heteroatoms. The second-order valence-corrected chi connectivity index (χ2v) is 5.28. The van der Waals surface area contributed by atoms with Crippen LogP contribution in [-0.2, 0) is 9.53 Å². The quantitative estimate of drug-likeness (QED) is 0.826. The number of fused-ring (bicyclic) bond motifs is 1. The van der Waals surface area contributed by atoms with Gasteiger partial charge in [0.15, 0.2) is 0 Å². The monoisotopic (exact) mass is 300 g/mol. The number of hydrogen-bond donors (Lipinski definition) is 2. The molecule has 22 heavy (non-hydrogen) atoms. The lowest BCUT2D eigenvalue weighted by molar-refractivity contribution is -0.148. The maximum atomic E-state index is 11.9. The number of hydrogen-bond acceptors (Lipinski definition) is 5. The number of carbonyl (C=O) groups is 1. The molecule has 1 aliphatic heterocycles. The standard InChI is InChI=1S/C17H20N2O3/c1-2-21-17(20)14-10-18-19-15(14)11-22-16-9-5-7-12-6-3-4-8-13(12)16/h3-9,14-15,18-19H,2,10-11H2,1H3. The van der Waals surface area contributed by atoms with Crippen LogP contribution in [0.15, 0.2) is 42.5 Å². The maximum absolute atomic E-state index is 11.9. The summed E-state index contributed by atoms with van der Waals surface area (Å²) in [4.78, 5) is 11.9. The molecular formula is C17H20N2O3. The lowest BCUT2D eigenvalue weighted by Crippen LogP contribution is -2.39. The SMILES string of the molecule is CCOC(=O)C1CNNC1COc1cccc2ccccc12. The van der Waals surface area contributed by atoms with Crippen LogP contribution in [-0.4, -0.2) is 31.8 Å². The molecular weight excluding hydrogens is 280 g/mol. The second kappa shape index (κ2) is 6.77. The average Bonchev–Trinajstić information content (AvgIpc) is 3.01. The number of benzene rings is 2. The van der Waals surface area contributed by atoms with Crippen molar-refractivity contribution in [1.29, 1.82) is 0 Å². The molecule has 0 amide bonds. The Kier molecular flexibility index (Phi) is 4.56. The van der Waals surface area contributed by atoms with Gasteiger partial charge in [-0.1, -0.05) is 36.4 Å². The minimum Gasteiger partial charge on any atom is -0.491 e. The van der Waals surface area contributed by atoms with Gasteiger partial charge in [-0.3, -0.25) is 15.6 Å². The van der Waals surface area contributed by atoms with Gasteiger partial charge in [-0.05, 0) is 18.4 Å². The molecule has 2 atom stereocenters. The normalized spacial score (nSPS) is 21.0. The molecule has 1 heterocycles. The number of rotatable bonds is 5. The molecule has 0 aliphatic carbocycles. The lowest BCUT2D eigenvalue weighted by Gasteiger charge is -2.18. The van der Waals surface area contributed by atoms with Gasteiger partial charge < -0.3 is 9.47 Å². The molecule has 0 aromatic heterocycles. The van der Waals surface area contributed by atoms with Gasteiger partial charge in [-0.2, -0.15) is 0 Å². The van der Waals surface area contributed by atoms with Gasteiger partial charge in [0.25, 0.3) is 0 Å². The second-order valence-electron chi connectivity index (χ2n) is 5.28. The molecule has 2 aromatic rings. The summed E-state index contributed by atoms with van der Waals surface area (Å²) in [6.45, 7) is 3.18. The van der Waals surface area contributed by atoms with Gasteiger partial charge in [0.05, 0.1) is 18.6 Å². The summed E-state index contributed by atoms with van der Waals surface area (Å²) in [5, 5.41) is 2.21. The summed E-state index contributed by atoms with van der Waals surface area (Å²) in [6, 6.07) is 14.0. The molecule has 2 N–H and O–H groups in total. The van der Waals surface area contributed by atoms with E-state index >= 15 is 0 Å². The minimum absolute atomic E-state index is 0.0991. The molecule has 0 saturated carbocycles. The molecule has 1 aliphatic rings. The Labute approximate surface area is 129 Å². The van der Waals surface area contributed by atoms with Crippen LogP contribution in [0.5, 0.6) is 5.75 Å². The van der Waals surface area contributed by atoms with Crippen LogP contribution in [0.2, 0.25) is 0 Å². The van der Waals surface area contributed by atoms with Gasteiger partial charge >= 0.3 is 5.97 Å². The van der Waals surface area contributed by atoms with E-state index in [1.54, 1.807) is 0 Å². The van der Waals surface area contributed by atoms with Gasteiger partial charge in [0, 0.05) is 11.9 Å². The van der Waals surface area contributed by atoms with Crippen molar-refractivity contribution in [3.8, 4) is 5.75 Å². The first-order valence-corrected chi connectivity index (χ1v) is 7.55. The molecule has 5 nitrogen and oxygen atoms in total. The third-order valence-corrected chi connectivity index (χ3v) is 3.85. The van der Waals surface area contributed by atoms with Crippen molar-refractivity contribution < 1.29 is 14.3 Å². The van der Waals surface area contributed by atoms with Crippen LogP contribution in [0.3, 0.4) is 0 Å². The van der Waals surface area contributed by atoms with E-state index in [0.717, 1.165) is 16.5 Å². The number of ether oxygens (including phenoxy) is 2. The summed E-state index contributed by atoms with van der Waals surface area (Å²) < 4.78 is 11.1. The van der Waals surface area contributed by atoms with E-state index in [4.69, 9.17) is 9.47 Å². The molecule has 116 valence electrons. The average molecular weight is 300 g/mol. The van der Waals surface area contributed by atoms with Crippen LogP contribution < -0.4 is 15.6 Å². The van der Waals surface area contributed by atoms with E-state index in [9.17, 15) is 4.79 Å². The summed E-state index contributed by atoms with van der Waals surface area (Å²) in [5.74, 6) is 0.413. The summed E-state index contributed by atoms with van der Waals surface area (Å²) in [7, 11) is 0. The van der Waals surface area contributed by atoms with E-state index in [2.05, 4.69) is 23.0 Å². The van der Waals surface area contributed by atoms with Gasteiger partial charge in [-0.25, -0.2) is 0 Å². The first kappa shape index (κ1) is 14.8. The number of esters is 1. The van der Waals surface area contributed by atoms with Gasteiger partial charge in [0.2, 0.25) is 0 Å². The molecule has 0 bridgehead atoms. The predicted molar refractivity (Wildman–Crippen MR) is 84.5 cm³/mol. The lowest BCUT2D eigenvalue weighted by atomic mass is 10.0. The molecule has 0 spiro atoms. The van der Waals surface area contributed by atoms with Crippen LogP contribution in [0.4, 0.5) is 0 Å². The Hall–Kier alpha value is -2.11. The Morgan fingerprint density at radius 2 is 2.05 bits per heavy atom. The van der Waals surface area contributed by atoms with Gasteiger partial charge in [0.1, 0.15) is 12.4 Å². The highest BCUT2D eigenvalue weighted by Gasteiger charge is 2.34. The molecule has 1 fully saturated rings. The fourth-order valence-corrected chi connectivity index (χ4v) is 2.70. The molecule has 1 saturated heterocycles. The maximum Gasteiger partial charge on any atom is 0.312 e. The topological polar surface area (TPSA) is 59.6 Å². The Morgan fingerprint density at radius 3 is 2.91 bits per heavy atom. The van der Waals surface area contributed by atoms with E-state index in [1.165, 1.54) is 0 Å². The Morgan fingerprint density at radius 1 is 1.23 bits per heavy atom. The van der Waals surface area contributed by atoms with E-state index in [1.807, 2.05) is 37.3 Å². The van der Waals surface area contributed by atoms with Crippen LogP contribution in [0.1, 0.15) is 6.92 Å². The predicted octanol–water partition coefficient (Wildman–Crippen LogP) is 1.87. The molecule has 2 aromatic carbocycles. The van der Waals surface area contributed by atoms with Crippen molar-refractivity contribution in [2.45, 2.75) is 13.0 Å². The summed E-state index contributed by atoms with van der Waals surface area (Å²) in [6.07, 6.45) is 0. The zero-order valence-corrected chi connectivity index (χ0v) is 12.5. The highest BCUT2D eigenvalue weighted by atomic mass is 16.5. The fourth-order valence-electron chi connectivity index (χ4n) is 2.70. The minimum atomic E-state index is -0.227. The highest BCUT2D eigenvalue weighted by Crippen LogP contribution is 2.25. The van der Waals surface area contributed by atoms with Gasteiger partial charge in [-0.15, -0.1) is 0 Å². The van der Waals surface area contributed by atoms with Crippen molar-refractivity contribution in [1.82, 2.24) is 10.9 Å². The molecule has 0 radical (unpaired) electrons. The summed E-state index contributed by atoms with van der Waals surface area (Å²) in [5.41, 5.74) is 6.09. The van der Waals surface area contributed by atoms with Crippen molar-refractivity contribution in [3.63, 3.8) is 0 Å². The van der Waals surface area contributed by atoms with E-state index in [0.29, 0.717) is 19.8 Å². The van der Waals surface area contributed by atoms with Crippen molar-refractivity contribution in [2.24, 2.45) is 5.92 Å². The molecule has 2 unspecified atom stereocenters. The first-order valence-electron chi connectivity index (χ1n) is 7.55. The van der Waals surface area contributed by atoms with Crippen LogP contribution in [0.25, 0.3) is 10.8 Å². The Bertz CT molecular complexity index is 654. The van der Waals surface area contributed by atoms with Crippen LogP contribution >= 0.6 is 0 Å². The van der Waals surface area contributed by atoms with Crippen molar-refractivity contribution in [2.75, 3.05) is 19.8 Å². The third-order valence-electron chi connectivity index (χ3n) is 3.85. The Balaban J connectivity index is 1.70. The van der Waals surface area contributed by atoms with Crippen molar-refractivity contribution >= 4 is 16.7 Å². The number of nitrogens with one attached hydrogen (secondary N) is 2. The smallest absolute Gasteiger partial charge is 0.312 e. The summed E-state index contributed by atoms with van der Waals surface area (Å²) >= 11 is 0. The number of hydrazine groups is 1. The highest BCUT2D eigenvalue weighted by molar-refractivity contribution is 5.88. The van der Waals surface area contributed by atoms with Crippen LogP contribution in [0, 0.1) is 5.92 Å². The fraction of sp³-hybridized carbons (Fsp3) is 0.353. The van der Waals surface area contributed by atoms with E-state index < -0.39 is 0 Å². The first-order chi connectivity index (χ1) is 10.8. The molecule has 3 rings (SSSR count).